The highest BCUT2D eigenvalue weighted by Gasteiger charge is 2.15. The number of hydrogen-bond donors (Lipinski definition) is 1. The molecule has 0 saturated carbocycles. The number of nitrogens with one attached hydrogen (secondary N) is 1. The molecule has 0 spiro atoms. The van der Waals surface area contributed by atoms with Gasteiger partial charge in [-0.1, -0.05) is 41.6 Å². The number of ether oxygens (including phenoxy) is 1. The van der Waals surface area contributed by atoms with E-state index in [0.717, 1.165) is 16.7 Å². The number of aryl methyl sites for hydroxylation is 1. The van der Waals surface area contributed by atoms with Crippen molar-refractivity contribution in [1.29, 1.82) is 0 Å². The van der Waals surface area contributed by atoms with E-state index in [-0.39, 0.29) is 12.1 Å². The first-order chi connectivity index (χ1) is 16.0. The summed E-state index contributed by atoms with van der Waals surface area (Å²) in [7, 11) is 1.57. The van der Waals surface area contributed by atoms with Gasteiger partial charge in [0.2, 0.25) is 5.82 Å². The van der Waals surface area contributed by atoms with Crippen LogP contribution in [0, 0.1) is 6.92 Å². The third-order valence-electron chi connectivity index (χ3n) is 5.52. The van der Waals surface area contributed by atoms with Crippen LogP contribution in [0.3, 0.4) is 0 Å². The monoisotopic (exact) mass is 440 g/mol. The molecular weight excluding hydrogens is 420 g/mol. The highest BCUT2D eigenvalue weighted by atomic mass is 16.5. The lowest BCUT2D eigenvalue weighted by Gasteiger charge is -2.08. The van der Waals surface area contributed by atoms with Gasteiger partial charge < -0.3 is 14.2 Å². The van der Waals surface area contributed by atoms with Gasteiger partial charge in [-0.3, -0.25) is 9.36 Å². The highest BCUT2D eigenvalue weighted by Crippen LogP contribution is 2.25. The summed E-state index contributed by atoms with van der Waals surface area (Å²) in [5.74, 6) is 1.44. The van der Waals surface area contributed by atoms with E-state index in [4.69, 9.17) is 9.26 Å². The van der Waals surface area contributed by atoms with Crippen LogP contribution in [0.2, 0.25) is 0 Å². The Morgan fingerprint density at radius 3 is 2.70 bits per heavy atom. The molecule has 0 atom stereocenters. The van der Waals surface area contributed by atoms with E-state index in [1.807, 2.05) is 43.3 Å². The second-order valence-corrected chi connectivity index (χ2v) is 7.67. The van der Waals surface area contributed by atoms with Gasteiger partial charge in [0.1, 0.15) is 5.75 Å². The van der Waals surface area contributed by atoms with Crippen LogP contribution >= 0.6 is 0 Å². The lowest BCUT2D eigenvalue weighted by molar-refractivity contribution is 0.414. The van der Waals surface area contributed by atoms with Crippen LogP contribution in [0.1, 0.15) is 11.1 Å². The lowest BCUT2D eigenvalue weighted by Crippen LogP contribution is -2.35. The van der Waals surface area contributed by atoms with Crippen molar-refractivity contribution in [3.05, 3.63) is 98.7 Å². The van der Waals surface area contributed by atoms with E-state index >= 15 is 0 Å². The molecule has 5 aromatic rings. The minimum absolute atomic E-state index is 0.131. The van der Waals surface area contributed by atoms with Gasteiger partial charge >= 0.3 is 5.69 Å². The van der Waals surface area contributed by atoms with Crippen LogP contribution in [-0.2, 0) is 6.54 Å². The number of methoxy groups -OCH3 is 1. The van der Waals surface area contributed by atoms with E-state index < -0.39 is 5.69 Å². The molecule has 33 heavy (non-hydrogen) atoms. The van der Waals surface area contributed by atoms with E-state index in [0.29, 0.717) is 33.9 Å². The Morgan fingerprint density at radius 2 is 1.88 bits per heavy atom. The zero-order chi connectivity index (χ0) is 22.9. The first-order valence-corrected chi connectivity index (χ1v) is 10.3. The van der Waals surface area contributed by atoms with Gasteiger partial charge in [-0.25, -0.2) is 4.79 Å². The van der Waals surface area contributed by atoms with Crippen LogP contribution in [0.15, 0.2) is 80.8 Å². The summed E-state index contributed by atoms with van der Waals surface area (Å²) >= 11 is 0. The van der Waals surface area contributed by atoms with Crippen molar-refractivity contribution >= 4 is 10.9 Å². The number of aromatic nitrogens is 4. The average Bonchev–Trinajstić information content (AvgIpc) is 3.32. The van der Waals surface area contributed by atoms with Gasteiger partial charge in [0.15, 0.2) is 0 Å². The summed E-state index contributed by atoms with van der Waals surface area (Å²) in [5.41, 5.74) is 2.82. The molecule has 5 rings (SSSR count). The molecule has 0 aliphatic rings. The third-order valence-corrected chi connectivity index (χ3v) is 5.52. The Labute approximate surface area is 188 Å². The molecule has 8 heteroatoms. The van der Waals surface area contributed by atoms with Gasteiger partial charge in [-0.15, -0.1) is 0 Å². The SMILES string of the molecule is COc1cccc(Cn2c(=O)[nH]c3cc(-c4nc(-c5ccccc5C)no4)ccc3c2=O)c1. The number of fused-ring (bicyclic) bond motifs is 1. The maximum absolute atomic E-state index is 13.0. The predicted molar refractivity (Wildman–Crippen MR) is 124 cm³/mol. The first-order valence-electron chi connectivity index (χ1n) is 10.3. The summed E-state index contributed by atoms with van der Waals surface area (Å²) in [6, 6.07) is 20.1. The molecule has 0 amide bonds. The molecule has 0 fully saturated rings. The van der Waals surface area contributed by atoms with Crippen molar-refractivity contribution in [2.24, 2.45) is 0 Å². The van der Waals surface area contributed by atoms with Gasteiger partial charge in [0.25, 0.3) is 11.4 Å². The molecule has 0 radical (unpaired) electrons. The smallest absolute Gasteiger partial charge is 0.329 e. The number of H-pyrrole nitrogens is 1. The molecule has 1 N–H and O–H groups in total. The molecule has 8 nitrogen and oxygen atoms in total. The van der Waals surface area contributed by atoms with Gasteiger partial charge in [0.05, 0.1) is 24.6 Å². The maximum atomic E-state index is 13.0. The van der Waals surface area contributed by atoms with Crippen molar-refractivity contribution in [3.63, 3.8) is 0 Å². The third kappa shape index (κ3) is 3.82. The molecule has 0 aliphatic carbocycles. The fourth-order valence-corrected chi connectivity index (χ4v) is 3.76. The van der Waals surface area contributed by atoms with Gasteiger partial charge in [0, 0.05) is 11.1 Å². The zero-order valence-corrected chi connectivity index (χ0v) is 18.0. The maximum Gasteiger partial charge on any atom is 0.329 e. The Bertz CT molecular complexity index is 1600. The standard InChI is InChI=1S/C25H20N4O4/c1-15-6-3-4-9-19(15)22-27-23(33-28-22)17-10-11-20-21(13-17)26-25(31)29(24(20)30)14-16-7-5-8-18(12-16)32-2/h3-13H,14H2,1-2H3,(H,26,31). The number of nitrogens with zero attached hydrogens (tertiary/aromatic N) is 3. The second kappa shape index (κ2) is 8.23. The van der Waals surface area contributed by atoms with Crippen molar-refractivity contribution in [3.8, 4) is 28.6 Å². The Balaban J connectivity index is 1.52. The predicted octanol–water partition coefficient (Wildman–Crippen LogP) is 3.77. The van der Waals surface area contributed by atoms with Crippen molar-refractivity contribution in [2.45, 2.75) is 13.5 Å². The van der Waals surface area contributed by atoms with Crippen molar-refractivity contribution in [2.75, 3.05) is 7.11 Å². The van der Waals surface area contributed by atoms with Crippen LogP contribution in [0.5, 0.6) is 5.75 Å². The highest BCUT2D eigenvalue weighted by molar-refractivity contribution is 5.82. The topological polar surface area (TPSA) is 103 Å². The molecule has 0 bridgehead atoms. The minimum Gasteiger partial charge on any atom is -0.497 e. The summed E-state index contributed by atoms with van der Waals surface area (Å²) < 4.78 is 11.8. The molecule has 2 heterocycles. The van der Waals surface area contributed by atoms with Crippen molar-refractivity contribution < 1.29 is 9.26 Å². The van der Waals surface area contributed by atoms with Crippen LogP contribution in [0.25, 0.3) is 33.7 Å². The van der Waals surface area contributed by atoms with Crippen LogP contribution in [0.4, 0.5) is 0 Å². The molecule has 3 aromatic carbocycles. The summed E-state index contributed by atoms with van der Waals surface area (Å²) in [6.45, 7) is 2.11. The molecule has 0 saturated heterocycles. The number of benzene rings is 3. The summed E-state index contributed by atoms with van der Waals surface area (Å²) in [6.07, 6.45) is 0. The normalized spacial score (nSPS) is 11.1. The average molecular weight is 440 g/mol. The molecule has 164 valence electrons. The van der Waals surface area contributed by atoms with E-state index in [1.165, 1.54) is 4.57 Å². The lowest BCUT2D eigenvalue weighted by atomic mass is 10.1. The minimum atomic E-state index is -0.501. The van der Waals surface area contributed by atoms with Gasteiger partial charge in [-0.2, -0.15) is 4.98 Å². The number of rotatable bonds is 5. The Hall–Kier alpha value is -4.46. The van der Waals surface area contributed by atoms with Crippen LogP contribution < -0.4 is 16.0 Å². The molecule has 2 aromatic heterocycles. The van der Waals surface area contributed by atoms with E-state index in [2.05, 4.69) is 15.1 Å². The fraction of sp³-hybridized carbons (Fsp3) is 0.120. The number of aromatic amines is 1. The van der Waals surface area contributed by atoms with Crippen LogP contribution in [-0.4, -0.2) is 26.8 Å². The van der Waals surface area contributed by atoms with Gasteiger partial charge in [-0.05, 0) is 48.4 Å². The molecule has 0 aliphatic heterocycles. The number of hydrogen-bond acceptors (Lipinski definition) is 6. The van der Waals surface area contributed by atoms with E-state index in [9.17, 15) is 9.59 Å². The Morgan fingerprint density at radius 1 is 1.03 bits per heavy atom. The first kappa shape index (κ1) is 20.4. The van der Waals surface area contributed by atoms with Crippen molar-refractivity contribution in [1.82, 2.24) is 19.7 Å². The zero-order valence-electron chi connectivity index (χ0n) is 18.0. The largest absolute Gasteiger partial charge is 0.497 e. The fourth-order valence-electron chi connectivity index (χ4n) is 3.76. The Kier molecular flexibility index (Phi) is 5.10. The molecular formula is C25H20N4O4. The van der Waals surface area contributed by atoms with E-state index in [1.54, 1.807) is 37.4 Å². The summed E-state index contributed by atoms with van der Waals surface area (Å²) in [5, 5.41) is 4.47. The quantitative estimate of drug-likeness (QED) is 0.446. The second-order valence-electron chi connectivity index (χ2n) is 7.67. The molecule has 0 unspecified atom stereocenters. The summed E-state index contributed by atoms with van der Waals surface area (Å²) in [4.78, 5) is 33.0.